The lowest BCUT2D eigenvalue weighted by atomic mass is 9.92. The minimum absolute atomic E-state index is 0.000271. The third-order valence-electron chi connectivity index (χ3n) is 4.24. The number of aromatic amines is 1. The zero-order chi connectivity index (χ0) is 15.8. The van der Waals surface area contributed by atoms with Gasteiger partial charge in [0.2, 0.25) is 0 Å². The second kappa shape index (κ2) is 5.94. The predicted octanol–water partition coefficient (Wildman–Crippen LogP) is 2.22. The van der Waals surface area contributed by atoms with Gasteiger partial charge in [-0.1, -0.05) is 34.2 Å². The molecular formula is C15H20BrN3O2S. The number of nitrogens with zero attached hydrogens (tertiary/aromatic N) is 2. The number of H-pyrrole nitrogens is 1. The van der Waals surface area contributed by atoms with Crippen LogP contribution in [-0.4, -0.2) is 52.4 Å². The summed E-state index contributed by atoms with van der Waals surface area (Å²) >= 11 is 3.68. The number of alkyl halides is 1. The molecule has 5 nitrogen and oxygen atoms in total. The number of rotatable bonds is 3. The molecule has 1 fully saturated rings. The average Bonchev–Trinajstić information content (AvgIpc) is 2.96. The zero-order valence-corrected chi connectivity index (χ0v) is 14.9. The van der Waals surface area contributed by atoms with Crippen molar-refractivity contribution in [2.24, 2.45) is 0 Å². The molecule has 0 radical (unpaired) electrons. The Bertz CT molecular complexity index is 678. The first-order valence-electron chi connectivity index (χ1n) is 7.38. The number of hydrogen-bond acceptors (Lipinski definition) is 4. The Kier molecular flexibility index (Phi) is 4.31. The van der Waals surface area contributed by atoms with Gasteiger partial charge >= 0.3 is 0 Å². The molecule has 0 aromatic carbocycles. The maximum atomic E-state index is 11.7. The Hall–Kier alpha value is -0.920. The molecule has 1 aromatic rings. The van der Waals surface area contributed by atoms with Gasteiger partial charge in [-0.2, -0.15) is 5.10 Å². The van der Waals surface area contributed by atoms with Crippen LogP contribution in [0.5, 0.6) is 0 Å². The monoisotopic (exact) mass is 385 g/mol. The quantitative estimate of drug-likeness (QED) is 0.810. The SMILES string of the molecule is CC1(Br)C=CC(C(c2ccn[nH]2)N2CCS(=O)(=O)CC2)=CC1. The average molecular weight is 386 g/mol. The first kappa shape index (κ1) is 16.0. The van der Waals surface area contributed by atoms with E-state index in [1.807, 2.05) is 6.07 Å². The summed E-state index contributed by atoms with van der Waals surface area (Å²) in [7, 11) is -2.88. The molecule has 1 aliphatic heterocycles. The third-order valence-corrected chi connectivity index (χ3v) is 6.43. The summed E-state index contributed by atoms with van der Waals surface area (Å²) in [5.74, 6) is 0.454. The maximum Gasteiger partial charge on any atom is 0.152 e. The molecule has 2 unspecified atom stereocenters. The molecule has 120 valence electrons. The summed E-state index contributed by atoms with van der Waals surface area (Å²) in [6.45, 7) is 3.25. The van der Waals surface area contributed by atoms with Gasteiger partial charge in [-0.25, -0.2) is 8.42 Å². The molecule has 3 rings (SSSR count). The van der Waals surface area contributed by atoms with E-state index in [4.69, 9.17) is 0 Å². The maximum absolute atomic E-state index is 11.7. The van der Waals surface area contributed by atoms with Gasteiger partial charge in [0.15, 0.2) is 9.84 Å². The number of halogens is 1. The molecule has 1 N–H and O–H groups in total. The van der Waals surface area contributed by atoms with Crippen LogP contribution in [0.15, 0.2) is 36.1 Å². The largest absolute Gasteiger partial charge is 0.289 e. The summed E-state index contributed by atoms with van der Waals surface area (Å²) in [6.07, 6.45) is 9.17. The highest BCUT2D eigenvalue weighted by molar-refractivity contribution is 9.10. The fraction of sp³-hybridized carbons (Fsp3) is 0.533. The normalized spacial score (nSPS) is 30.0. The van der Waals surface area contributed by atoms with Gasteiger partial charge in [-0.05, 0) is 25.0 Å². The molecule has 0 saturated carbocycles. The molecule has 0 spiro atoms. The van der Waals surface area contributed by atoms with Gasteiger partial charge in [0.05, 0.1) is 23.2 Å². The van der Waals surface area contributed by atoms with Crippen molar-refractivity contribution in [2.45, 2.75) is 23.7 Å². The molecule has 2 heterocycles. The van der Waals surface area contributed by atoms with E-state index >= 15 is 0 Å². The van der Waals surface area contributed by atoms with Crippen LogP contribution in [0.3, 0.4) is 0 Å². The molecule has 1 saturated heterocycles. The van der Waals surface area contributed by atoms with E-state index in [1.165, 1.54) is 5.57 Å². The summed E-state index contributed by atoms with van der Waals surface area (Å²) in [6, 6.07) is 2.00. The van der Waals surface area contributed by atoms with Crippen LogP contribution in [0.4, 0.5) is 0 Å². The van der Waals surface area contributed by atoms with Crippen molar-refractivity contribution in [3.8, 4) is 0 Å². The highest BCUT2D eigenvalue weighted by Gasteiger charge is 2.32. The lowest BCUT2D eigenvalue weighted by Gasteiger charge is -2.36. The van der Waals surface area contributed by atoms with Crippen molar-refractivity contribution in [3.05, 3.63) is 41.8 Å². The Balaban J connectivity index is 1.87. The summed E-state index contributed by atoms with van der Waals surface area (Å²) in [4.78, 5) is 2.22. The molecule has 1 aliphatic carbocycles. The van der Waals surface area contributed by atoms with E-state index in [-0.39, 0.29) is 21.9 Å². The van der Waals surface area contributed by atoms with Crippen LogP contribution >= 0.6 is 15.9 Å². The number of aromatic nitrogens is 2. The minimum atomic E-state index is -2.88. The smallest absolute Gasteiger partial charge is 0.152 e. The molecule has 7 heteroatoms. The number of hydrogen-bond donors (Lipinski definition) is 1. The molecule has 1 aromatic heterocycles. The van der Waals surface area contributed by atoms with Crippen molar-refractivity contribution in [3.63, 3.8) is 0 Å². The molecule has 22 heavy (non-hydrogen) atoms. The second-order valence-electron chi connectivity index (χ2n) is 6.12. The number of sulfone groups is 1. The van der Waals surface area contributed by atoms with Crippen LogP contribution < -0.4 is 0 Å². The fourth-order valence-corrected chi connectivity index (χ4v) is 4.44. The Morgan fingerprint density at radius 3 is 2.68 bits per heavy atom. The van der Waals surface area contributed by atoms with E-state index in [9.17, 15) is 8.42 Å². The fourth-order valence-electron chi connectivity index (χ4n) is 2.92. The molecule has 2 atom stereocenters. The van der Waals surface area contributed by atoms with Crippen LogP contribution in [0.1, 0.15) is 25.1 Å². The molecule has 0 bridgehead atoms. The highest BCUT2D eigenvalue weighted by atomic mass is 79.9. The topological polar surface area (TPSA) is 66.1 Å². The van der Waals surface area contributed by atoms with Gasteiger partial charge < -0.3 is 0 Å². The third kappa shape index (κ3) is 3.52. The van der Waals surface area contributed by atoms with Crippen molar-refractivity contribution in [1.82, 2.24) is 15.1 Å². The van der Waals surface area contributed by atoms with E-state index in [0.717, 1.165) is 12.1 Å². The van der Waals surface area contributed by atoms with Crippen LogP contribution in [0, 0.1) is 0 Å². The lowest BCUT2D eigenvalue weighted by molar-refractivity contribution is 0.239. The predicted molar refractivity (Wildman–Crippen MR) is 90.7 cm³/mol. The minimum Gasteiger partial charge on any atom is -0.289 e. The van der Waals surface area contributed by atoms with Crippen molar-refractivity contribution in [1.29, 1.82) is 0 Å². The van der Waals surface area contributed by atoms with Gasteiger partial charge in [0, 0.05) is 23.6 Å². The standard InChI is InChI=1S/C15H20BrN3O2S/c1-15(16)5-2-12(3-6-15)14(13-4-7-17-18-13)19-8-10-22(20,21)11-9-19/h2-5,7,14H,6,8-11H2,1H3,(H,17,18). The lowest BCUT2D eigenvalue weighted by Crippen LogP contribution is -2.43. The molecular weight excluding hydrogens is 366 g/mol. The van der Waals surface area contributed by atoms with Gasteiger partial charge in [0.1, 0.15) is 0 Å². The van der Waals surface area contributed by atoms with Crippen molar-refractivity contribution in [2.75, 3.05) is 24.6 Å². The van der Waals surface area contributed by atoms with Crippen molar-refractivity contribution < 1.29 is 8.42 Å². The van der Waals surface area contributed by atoms with Crippen LogP contribution in [-0.2, 0) is 9.84 Å². The van der Waals surface area contributed by atoms with Gasteiger partial charge in [-0.3, -0.25) is 10.00 Å². The van der Waals surface area contributed by atoms with Crippen LogP contribution in [0.25, 0.3) is 0 Å². The number of nitrogens with one attached hydrogen (secondary N) is 1. The Morgan fingerprint density at radius 1 is 1.41 bits per heavy atom. The van der Waals surface area contributed by atoms with Crippen molar-refractivity contribution >= 4 is 25.8 Å². The summed E-state index contributed by atoms with van der Waals surface area (Å²) in [5, 5.41) is 7.11. The first-order valence-corrected chi connectivity index (χ1v) is 10.00. The van der Waals surface area contributed by atoms with Gasteiger partial charge in [-0.15, -0.1) is 0 Å². The van der Waals surface area contributed by atoms with E-state index in [0.29, 0.717) is 13.1 Å². The van der Waals surface area contributed by atoms with E-state index in [1.54, 1.807) is 6.20 Å². The zero-order valence-electron chi connectivity index (χ0n) is 12.5. The van der Waals surface area contributed by atoms with E-state index < -0.39 is 9.84 Å². The summed E-state index contributed by atoms with van der Waals surface area (Å²) in [5.41, 5.74) is 2.20. The summed E-state index contributed by atoms with van der Waals surface area (Å²) < 4.78 is 23.4. The Labute approximate surface area is 139 Å². The first-order chi connectivity index (χ1) is 10.4. The van der Waals surface area contributed by atoms with Gasteiger partial charge in [0.25, 0.3) is 0 Å². The second-order valence-corrected chi connectivity index (χ2v) is 10.2. The molecule has 2 aliphatic rings. The highest BCUT2D eigenvalue weighted by Crippen LogP contribution is 2.36. The molecule has 0 amide bonds. The van der Waals surface area contributed by atoms with Crippen LogP contribution in [0.2, 0.25) is 0 Å². The number of allylic oxidation sites excluding steroid dienone is 2. The Morgan fingerprint density at radius 2 is 2.14 bits per heavy atom. The van der Waals surface area contributed by atoms with E-state index in [2.05, 4.69) is 56.2 Å².